The Bertz CT molecular complexity index is 286. The second-order valence-corrected chi connectivity index (χ2v) is 2.81. The van der Waals surface area contributed by atoms with Gasteiger partial charge in [-0.2, -0.15) is 0 Å². The van der Waals surface area contributed by atoms with Crippen LogP contribution in [0.25, 0.3) is 6.08 Å². The summed E-state index contributed by atoms with van der Waals surface area (Å²) >= 11 is 1.49. The Kier molecular flexibility index (Phi) is 1.36. The smallest absolute Gasteiger partial charge is 0.0552 e. The number of rotatable bonds is 0. The van der Waals surface area contributed by atoms with Crippen LogP contribution in [-0.4, -0.2) is 11.2 Å². The fourth-order valence-electron chi connectivity index (χ4n) is 0.840. The first-order valence-electron chi connectivity index (χ1n) is 3.00. The van der Waals surface area contributed by atoms with Gasteiger partial charge in [0.15, 0.2) is 0 Å². The number of H-pyrrole nitrogens is 1. The van der Waals surface area contributed by atoms with Crippen LogP contribution >= 0.6 is 11.9 Å². The number of nitrogens with one attached hydrogen (secondary N) is 1. The highest BCUT2D eigenvalue weighted by Gasteiger charge is 2.00. The third-order valence-corrected chi connectivity index (χ3v) is 2.09. The molecule has 0 atom stereocenters. The van der Waals surface area contributed by atoms with Crippen molar-refractivity contribution in [3.05, 3.63) is 24.0 Å². The van der Waals surface area contributed by atoms with Gasteiger partial charge in [-0.1, -0.05) is 6.08 Å². The van der Waals surface area contributed by atoms with E-state index in [2.05, 4.69) is 9.38 Å². The van der Waals surface area contributed by atoms with Gasteiger partial charge >= 0.3 is 0 Å². The molecule has 0 unspecified atom stereocenters. The first-order valence-corrected chi connectivity index (χ1v) is 3.78. The maximum absolute atomic E-state index is 4.07. The normalized spacial score (nSPS) is 14.8. The fourth-order valence-corrected chi connectivity index (χ4v) is 1.44. The van der Waals surface area contributed by atoms with Crippen molar-refractivity contribution in [1.29, 1.82) is 0 Å². The van der Waals surface area contributed by atoms with Gasteiger partial charge in [0.2, 0.25) is 0 Å². The van der Waals surface area contributed by atoms with Crippen molar-refractivity contribution in [2.75, 3.05) is 0 Å². The molecule has 0 spiro atoms. The van der Waals surface area contributed by atoms with Crippen LogP contribution in [0.2, 0.25) is 0 Å². The average Bonchev–Trinajstić information content (AvgIpc) is 2.28. The number of allylic oxidation sites excluding steroid dienone is 1. The highest BCUT2D eigenvalue weighted by atomic mass is 32.2. The summed E-state index contributed by atoms with van der Waals surface area (Å²) in [4.78, 5) is 4.21. The van der Waals surface area contributed by atoms with Crippen LogP contribution in [0.5, 0.6) is 0 Å². The monoisotopic (exact) mass is 150 g/mol. The summed E-state index contributed by atoms with van der Waals surface area (Å²) in [6.45, 7) is 0. The summed E-state index contributed by atoms with van der Waals surface area (Å²) in [5.74, 6) is 0. The maximum Gasteiger partial charge on any atom is 0.0552 e. The third-order valence-electron chi connectivity index (χ3n) is 1.31. The first kappa shape index (κ1) is 5.80. The first-order chi connectivity index (χ1) is 4.97. The quantitative estimate of drug-likeness (QED) is 0.564. The number of aromatic nitrogens is 1. The minimum absolute atomic E-state index is 1.19. The van der Waals surface area contributed by atoms with Crippen LogP contribution in [0.3, 0.4) is 0 Å². The Labute approximate surface area is 63.2 Å². The molecule has 0 saturated heterocycles. The van der Waals surface area contributed by atoms with Gasteiger partial charge in [0.1, 0.15) is 0 Å². The van der Waals surface area contributed by atoms with E-state index in [9.17, 15) is 0 Å². The van der Waals surface area contributed by atoms with Crippen molar-refractivity contribution >= 4 is 24.2 Å². The molecule has 3 heteroatoms. The fraction of sp³-hybridized carbons (Fsp3) is 0. The molecule has 1 N–H and O–H groups in total. The molecule has 0 amide bonds. The molecule has 1 aliphatic heterocycles. The van der Waals surface area contributed by atoms with E-state index in [1.165, 1.54) is 22.4 Å². The second-order valence-electron chi connectivity index (χ2n) is 1.98. The zero-order chi connectivity index (χ0) is 6.81. The Hall–Kier alpha value is -0.960. The molecule has 0 saturated carbocycles. The lowest BCUT2D eigenvalue weighted by atomic mass is 10.3. The van der Waals surface area contributed by atoms with E-state index in [0.717, 1.165) is 0 Å². The Balaban J connectivity index is 2.50. The summed E-state index contributed by atoms with van der Waals surface area (Å²) in [6.07, 6.45) is 9.69. The van der Waals surface area contributed by atoms with Gasteiger partial charge < -0.3 is 4.98 Å². The van der Waals surface area contributed by atoms with Crippen molar-refractivity contribution in [2.24, 2.45) is 4.40 Å². The van der Waals surface area contributed by atoms with Crippen LogP contribution in [0.15, 0.2) is 27.8 Å². The zero-order valence-corrected chi connectivity index (χ0v) is 6.06. The van der Waals surface area contributed by atoms with E-state index in [0.29, 0.717) is 0 Å². The van der Waals surface area contributed by atoms with Crippen LogP contribution in [-0.2, 0) is 0 Å². The molecule has 1 aromatic rings. The molecule has 1 aromatic heterocycles. The standard InChI is InChI=1S/C7H6N2S/c1-2-6-4-8-5-7(6)10-9-3-1/h1-5,8H. The van der Waals surface area contributed by atoms with Crippen LogP contribution < -0.4 is 0 Å². The number of nitrogens with zero attached hydrogens (tertiary/aromatic N) is 1. The van der Waals surface area contributed by atoms with E-state index in [4.69, 9.17) is 0 Å². The summed E-state index contributed by atoms with van der Waals surface area (Å²) in [5.41, 5.74) is 1.21. The number of hydrogen-bond donors (Lipinski definition) is 1. The number of aromatic amines is 1. The summed E-state index contributed by atoms with van der Waals surface area (Å²) < 4.78 is 4.07. The lowest BCUT2D eigenvalue weighted by Crippen LogP contribution is -1.63. The molecule has 2 rings (SSSR count). The molecular weight excluding hydrogens is 144 g/mol. The summed E-state index contributed by atoms with van der Waals surface area (Å²) in [6, 6.07) is 0. The molecule has 0 fully saturated rings. The average molecular weight is 150 g/mol. The van der Waals surface area contributed by atoms with Crippen molar-refractivity contribution in [2.45, 2.75) is 4.90 Å². The van der Waals surface area contributed by atoms with Gasteiger partial charge in [-0.3, -0.25) is 0 Å². The molecule has 2 nitrogen and oxygen atoms in total. The predicted octanol–water partition coefficient (Wildman–Crippen LogP) is 2.12. The van der Waals surface area contributed by atoms with Gasteiger partial charge in [-0.15, -0.1) is 0 Å². The highest BCUT2D eigenvalue weighted by Crippen LogP contribution is 2.25. The third kappa shape index (κ3) is 0.885. The Morgan fingerprint density at radius 3 is 3.40 bits per heavy atom. The van der Waals surface area contributed by atoms with Crippen LogP contribution in [0.1, 0.15) is 5.56 Å². The molecule has 10 heavy (non-hydrogen) atoms. The van der Waals surface area contributed by atoms with Crippen molar-refractivity contribution in [3.63, 3.8) is 0 Å². The second kappa shape index (κ2) is 2.34. The molecule has 0 aliphatic carbocycles. The molecular formula is C7H6N2S. The van der Waals surface area contributed by atoms with E-state index < -0.39 is 0 Å². The lowest BCUT2D eigenvalue weighted by molar-refractivity contribution is 1.38. The predicted molar refractivity (Wildman–Crippen MR) is 44.2 cm³/mol. The van der Waals surface area contributed by atoms with Gasteiger partial charge in [-0.05, 0) is 6.08 Å². The summed E-state index contributed by atoms with van der Waals surface area (Å²) in [7, 11) is 0. The maximum atomic E-state index is 4.07. The molecule has 1 aliphatic rings. The lowest BCUT2D eigenvalue weighted by Gasteiger charge is -1.87. The van der Waals surface area contributed by atoms with Crippen molar-refractivity contribution < 1.29 is 0 Å². The van der Waals surface area contributed by atoms with Crippen LogP contribution in [0, 0.1) is 0 Å². The molecule has 2 heterocycles. The molecule has 0 radical (unpaired) electrons. The van der Waals surface area contributed by atoms with E-state index >= 15 is 0 Å². The van der Waals surface area contributed by atoms with Gasteiger partial charge in [0.25, 0.3) is 0 Å². The van der Waals surface area contributed by atoms with Crippen molar-refractivity contribution in [1.82, 2.24) is 4.98 Å². The van der Waals surface area contributed by atoms with Crippen molar-refractivity contribution in [3.8, 4) is 0 Å². The Morgan fingerprint density at radius 2 is 2.40 bits per heavy atom. The van der Waals surface area contributed by atoms with Gasteiger partial charge in [-0.25, -0.2) is 4.40 Å². The molecule has 50 valence electrons. The topological polar surface area (TPSA) is 28.1 Å². The van der Waals surface area contributed by atoms with E-state index in [1.807, 2.05) is 24.5 Å². The van der Waals surface area contributed by atoms with E-state index in [1.54, 1.807) is 6.21 Å². The summed E-state index contributed by atoms with van der Waals surface area (Å²) in [5, 5.41) is 0. The zero-order valence-electron chi connectivity index (χ0n) is 5.24. The minimum Gasteiger partial charge on any atom is -0.366 e. The molecule has 0 bridgehead atoms. The van der Waals surface area contributed by atoms with Crippen LogP contribution in [0.4, 0.5) is 0 Å². The van der Waals surface area contributed by atoms with Gasteiger partial charge in [0, 0.05) is 36.1 Å². The van der Waals surface area contributed by atoms with E-state index in [-0.39, 0.29) is 0 Å². The molecule has 0 aromatic carbocycles. The highest BCUT2D eigenvalue weighted by molar-refractivity contribution is 7.98. The minimum atomic E-state index is 1.19. The Morgan fingerprint density at radius 1 is 1.40 bits per heavy atom. The van der Waals surface area contributed by atoms with Gasteiger partial charge in [0.05, 0.1) is 4.90 Å². The SMILES string of the molecule is C1=Cc2c[nH]cc2SN=C1. The number of hydrogen-bond acceptors (Lipinski definition) is 2. The number of fused-ring (bicyclic) bond motifs is 1. The largest absolute Gasteiger partial charge is 0.366 e.